The van der Waals surface area contributed by atoms with Gasteiger partial charge in [-0.3, -0.25) is 0 Å². The van der Waals surface area contributed by atoms with Crippen LogP contribution in [0.15, 0.2) is 193 Å². The first-order valence-electron chi connectivity index (χ1n) is 20.9. The molecular formula is C56H35N3OS. The summed E-state index contributed by atoms with van der Waals surface area (Å²) in [4.78, 5) is 10.6. The van der Waals surface area contributed by atoms with E-state index in [0.717, 1.165) is 72.9 Å². The number of benzene rings is 8. The summed E-state index contributed by atoms with van der Waals surface area (Å²) >= 11 is 1.75. The molecule has 0 atom stereocenters. The van der Waals surface area contributed by atoms with Gasteiger partial charge in [0.2, 0.25) is 0 Å². The zero-order valence-electron chi connectivity index (χ0n) is 33.0. The number of rotatable bonds is 5. The maximum Gasteiger partial charge on any atom is 0.160 e. The first kappa shape index (κ1) is 34.3. The summed E-state index contributed by atoms with van der Waals surface area (Å²) < 4.78 is 11.5. The molecule has 0 unspecified atom stereocenters. The van der Waals surface area contributed by atoms with E-state index in [1.54, 1.807) is 11.3 Å². The molecule has 0 aliphatic heterocycles. The quantitative estimate of drug-likeness (QED) is 0.174. The number of hydrogen-bond donors (Lipinski definition) is 0. The Morgan fingerprint density at radius 3 is 2.03 bits per heavy atom. The van der Waals surface area contributed by atoms with Crippen LogP contribution in [0.1, 0.15) is 18.4 Å². The number of allylic oxidation sites excluding steroid dienone is 4. The Bertz CT molecular complexity index is 3810. The molecule has 12 aromatic rings. The molecule has 8 aromatic carbocycles. The number of para-hydroxylation sites is 1. The summed E-state index contributed by atoms with van der Waals surface area (Å²) in [5, 5.41) is 8.34. The average molecular weight is 798 g/mol. The normalized spacial score (nSPS) is 13.1. The number of hydrogen-bond acceptors (Lipinski definition) is 4. The van der Waals surface area contributed by atoms with Crippen molar-refractivity contribution in [1.29, 1.82) is 0 Å². The zero-order valence-corrected chi connectivity index (χ0v) is 33.8. The fourth-order valence-electron chi connectivity index (χ4n) is 9.57. The highest BCUT2D eigenvalue weighted by atomic mass is 32.1. The summed E-state index contributed by atoms with van der Waals surface area (Å²) in [6.07, 6.45) is 9.10. The van der Waals surface area contributed by atoms with Crippen LogP contribution in [0, 0.1) is 0 Å². The molecule has 4 heterocycles. The molecule has 4 aromatic heterocycles. The minimum Gasteiger partial charge on any atom is -0.456 e. The van der Waals surface area contributed by atoms with Crippen LogP contribution in [-0.4, -0.2) is 14.5 Å². The first-order valence-corrected chi connectivity index (χ1v) is 21.7. The Balaban J connectivity index is 0.964. The maximum absolute atomic E-state index is 6.79. The molecule has 0 bridgehead atoms. The van der Waals surface area contributed by atoms with Gasteiger partial charge in [-0.05, 0) is 88.3 Å². The second kappa shape index (κ2) is 13.5. The molecule has 61 heavy (non-hydrogen) atoms. The lowest BCUT2D eigenvalue weighted by Gasteiger charge is -2.14. The van der Waals surface area contributed by atoms with Gasteiger partial charge in [0, 0.05) is 54.5 Å². The lowest BCUT2D eigenvalue weighted by atomic mass is 9.92. The molecule has 0 N–H and O–H groups in total. The molecule has 5 heteroatoms. The van der Waals surface area contributed by atoms with Gasteiger partial charge in [0.05, 0.1) is 26.9 Å². The predicted octanol–water partition coefficient (Wildman–Crippen LogP) is 15.7. The minimum absolute atomic E-state index is 0.678. The van der Waals surface area contributed by atoms with Crippen LogP contribution in [-0.2, 0) is 0 Å². The standard InChI is InChI=1S/C56H35N3OS/c1-3-13-34(14-4-1)35-23-25-37(26-24-35)53-55-54(45-20-10-12-22-51(45)61-55)58-56(57-53)38-27-29-41-42-30-28-39(32-50(42)60-49(41)31-38)59-47-21-11-9-19-44(47)52-43-18-8-7-17-40(43)46(33-48(52)59)36-15-5-2-6-16-36/h1,3-5,7-33H,2,6H2. The number of aromatic nitrogens is 3. The molecule has 0 spiro atoms. The monoisotopic (exact) mass is 797 g/mol. The van der Waals surface area contributed by atoms with Crippen molar-refractivity contribution in [2.45, 2.75) is 12.8 Å². The van der Waals surface area contributed by atoms with Crippen molar-refractivity contribution in [1.82, 2.24) is 14.5 Å². The van der Waals surface area contributed by atoms with Gasteiger partial charge in [-0.25, -0.2) is 9.97 Å². The van der Waals surface area contributed by atoms with Gasteiger partial charge in [-0.1, -0.05) is 140 Å². The topological polar surface area (TPSA) is 43.9 Å². The summed E-state index contributed by atoms with van der Waals surface area (Å²) in [6.45, 7) is 0. The molecule has 0 fully saturated rings. The second-order valence-corrected chi connectivity index (χ2v) is 17.0. The fraction of sp³-hybridized carbons (Fsp3) is 0.0357. The molecule has 13 rings (SSSR count). The van der Waals surface area contributed by atoms with Crippen LogP contribution < -0.4 is 0 Å². The molecule has 0 amide bonds. The molecule has 4 nitrogen and oxygen atoms in total. The highest BCUT2D eigenvalue weighted by Gasteiger charge is 2.21. The third-order valence-electron chi connectivity index (χ3n) is 12.4. The lowest BCUT2D eigenvalue weighted by molar-refractivity contribution is 0.669. The molecular weight excluding hydrogens is 763 g/mol. The van der Waals surface area contributed by atoms with Gasteiger partial charge in [0.1, 0.15) is 11.2 Å². The summed E-state index contributed by atoms with van der Waals surface area (Å²) in [5.74, 6) is 0.678. The van der Waals surface area contributed by atoms with E-state index < -0.39 is 0 Å². The zero-order chi connectivity index (χ0) is 40.0. The summed E-state index contributed by atoms with van der Waals surface area (Å²) in [7, 11) is 0. The molecule has 0 radical (unpaired) electrons. The van der Waals surface area contributed by atoms with Crippen molar-refractivity contribution >= 4 is 91.7 Å². The smallest absolute Gasteiger partial charge is 0.160 e. The summed E-state index contributed by atoms with van der Waals surface area (Å²) in [5.41, 5.74) is 13.9. The lowest BCUT2D eigenvalue weighted by Crippen LogP contribution is -1.95. The van der Waals surface area contributed by atoms with Crippen LogP contribution in [0.3, 0.4) is 0 Å². The van der Waals surface area contributed by atoms with E-state index in [2.05, 4.69) is 193 Å². The van der Waals surface area contributed by atoms with Gasteiger partial charge in [0.15, 0.2) is 5.82 Å². The van der Waals surface area contributed by atoms with E-state index in [4.69, 9.17) is 14.4 Å². The average Bonchev–Trinajstić information content (AvgIpc) is 4.00. The maximum atomic E-state index is 6.79. The Morgan fingerprint density at radius 1 is 0.508 bits per heavy atom. The second-order valence-electron chi connectivity index (χ2n) is 16.0. The van der Waals surface area contributed by atoms with Crippen LogP contribution >= 0.6 is 11.3 Å². The largest absolute Gasteiger partial charge is 0.456 e. The Kier molecular flexibility index (Phi) is 7.57. The van der Waals surface area contributed by atoms with Crippen LogP contribution in [0.2, 0.25) is 0 Å². The Morgan fingerprint density at radius 2 is 1.20 bits per heavy atom. The predicted molar refractivity (Wildman–Crippen MR) is 257 cm³/mol. The molecule has 0 saturated heterocycles. The molecule has 286 valence electrons. The number of fused-ring (bicyclic) bond motifs is 11. The number of nitrogens with zero attached hydrogens (tertiary/aromatic N) is 3. The van der Waals surface area contributed by atoms with E-state index in [1.165, 1.54) is 59.5 Å². The third-order valence-corrected chi connectivity index (χ3v) is 13.6. The van der Waals surface area contributed by atoms with Crippen molar-refractivity contribution in [2.24, 2.45) is 0 Å². The van der Waals surface area contributed by atoms with Gasteiger partial charge in [-0.2, -0.15) is 0 Å². The van der Waals surface area contributed by atoms with Gasteiger partial charge in [0.25, 0.3) is 0 Å². The van der Waals surface area contributed by atoms with Crippen molar-refractivity contribution in [3.63, 3.8) is 0 Å². The number of furan rings is 1. The van der Waals surface area contributed by atoms with E-state index in [-0.39, 0.29) is 0 Å². The molecule has 1 aliphatic carbocycles. The van der Waals surface area contributed by atoms with Crippen molar-refractivity contribution in [3.05, 3.63) is 194 Å². The fourth-order valence-corrected chi connectivity index (χ4v) is 10.7. The van der Waals surface area contributed by atoms with Gasteiger partial charge >= 0.3 is 0 Å². The highest BCUT2D eigenvalue weighted by molar-refractivity contribution is 7.26. The van der Waals surface area contributed by atoms with Crippen molar-refractivity contribution in [3.8, 4) is 39.5 Å². The van der Waals surface area contributed by atoms with E-state index in [9.17, 15) is 0 Å². The summed E-state index contributed by atoms with van der Waals surface area (Å²) in [6, 6.07) is 60.8. The van der Waals surface area contributed by atoms with E-state index >= 15 is 0 Å². The van der Waals surface area contributed by atoms with E-state index in [1.807, 2.05) is 0 Å². The third kappa shape index (κ3) is 5.37. The van der Waals surface area contributed by atoms with Crippen LogP contribution in [0.4, 0.5) is 0 Å². The van der Waals surface area contributed by atoms with Gasteiger partial charge in [-0.15, -0.1) is 11.3 Å². The van der Waals surface area contributed by atoms with Gasteiger partial charge < -0.3 is 8.98 Å². The van der Waals surface area contributed by atoms with Crippen molar-refractivity contribution in [2.75, 3.05) is 0 Å². The number of thiophene rings is 1. The van der Waals surface area contributed by atoms with Crippen LogP contribution in [0.25, 0.3) is 120 Å². The first-order chi connectivity index (χ1) is 30.2. The Hall–Kier alpha value is -7.60. The van der Waals surface area contributed by atoms with Crippen LogP contribution in [0.5, 0.6) is 0 Å². The van der Waals surface area contributed by atoms with E-state index in [0.29, 0.717) is 5.82 Å². The molecule has 1 aliphatic rings. The Labute approximate surface area is 355 Å². The minimum atomic E-state index is 0.678. The highest BCUT2D eigenvalue weighted by Crippen LogP contribution is 2.43. The molecule has 0 saturated carbocycles. The SMILES string of the molecule is C1=CC(c2cc3c(c4ccccc24)c2ccccc2n3-c2ccc3c(c2)oc2cc(-c4nc(-c5ccc(-c6ccccc6)cc5)c5sc6ccccc6c5n4)ccc23)=CCC1. The van der Waals surface area contributed by atoms with Crippen molar-refractivity contribution < 1.29 is 4.42 Å².